The Hall–Kier alpha value is -2.49. The van der Waals surface area contributed by atoms with Crippen molar-refractivity contribution in [1.29, 1.82) is 0 Å². The van der Waals surface area contributed by atoms with E-state index in [-0.39, 0.29) is 5.78 Å². The zero-order valence-electron chi connectivity index (χ0n) is 13.2. The number of aliphatic hydroxyl groups is 1. The van der Waals surface area contributed by atoms with Gasteiger partial charge in [-0.05, 0) is 50.0 Å². The third-order valence-electron chi connectivity index (χ3n) is 4.99. The fourth-order valence-corrected chi connectivity index (χ4v) is 4.36. The highest BCUT2D eigenvalue weighted by Crippen LogP contribution is 2.38. The molecule has 25 heavy (non-hydrogen) atoms. The zero-order valence-corrected chi connectivity index (χ0v) is 14.7. The Morgan fingerprint density at radius 3 is 2.44 bits per heavy atom. The summed E-state index contributed by atoms with van der Waals surface area (Å²) in [5.74, 6) is -0.246. The number of carbonyl (C=O) groups is 1. The maximum atomic E-state index is 12.6. The Morgan fingerprint density at radius 2 is 1.56 bits per heavy atom. The van der Waals surface area contributed by atoms with Gasteiger partial charge in [-0.1, -0.05) is 70.5 Å². The fourth-order valence-electron chi connectivity index (χ4n) is 3.81. The van der Waals surface area contributed by atoms with Gasteiger partial charge in [0.15, 0.2) is 5.78 Å². The number of ketones is 1. The molecule has 0 amide bonds. The molecule has 0 spiro atoms. The summed E-state index contributed by atoms with van der Waals surface area (Å²) in [4.78, 5) is 12.6. The fraction of sp³-hybridized carbons (Fsp3) is 0.0455. The first-order valence-corrected chi connectivity index (χ1v) is 8.91. The van der Waals surface area contributed by atoms with Crippen LogP contribution in [0.15, 0.2) is 65.1 Å². The van der Waals surface area contributed by atoms with Crippen molar-refractivity contribution in [3.63, 3.8) is 0 Å². The number of aliphatic hydroxyl groups excluding tert-OH is 1. The molecule has 3 heteroatoms. The summed E-state index contributed by atoms with van der Waals surface area (Å²) in [6.45, 7) is 0. The summed E-state index contributed by atoms with van der Waals surface area (Å²) in [5, 5.41) is 16.5. The molecule has 0 aliphatic heterocycles. The molecule has 5 rings (SSSR count). The van der Waals surface area contributed by atoms with Gasteiger partial charge < -0.3 is 5.11 Å². The van der Waals surface area contributed by atoms with Gasteiger partial charge in [0, 0.05) is 10.0 Å². The van der Waals surface area contributed by atoms with E-state index in [0.717, 1.165) is 31.6 Å². The predicted molar refractivity (Wildman–Crippen MR) is 106 cm³/mol. The number of rotatable bonds is 0. The van der Waals surface area contributed by atoms with Gasteiger partial charge in [-0.2, -0.15) is 0 Å². The molecule has 1 unspecified atom stereocenters. The largest absolute Gasteiger partial charge is 0.381 e. The van der Waals surface area contributed by atoms with Crippen molar-refractivity contribution < 1.29 is 9.90 Å². The van der Waals surface area contributed by atoms with Gasteiger partial charge in [-0.15, -0.1) is 0 Å². The van der Waals surface area contributed by atoms with Gasteiger partial charge in [-0.3, -0.25) is 4.79 Å². The Balaban J connectivity index is 1.99. The van der Waals surface area contributed by atoms with Gasteiger partial charge in [0.2, 0.25) is 0 Å². The molecule has 0 aromatic heterocycles. The second kappa shape index (κ2) is 5.25. The SMILES string of the molecule is O=C1c2c(c(Br)cc3c2ccc2c4ccccc4ccc32)C=CC1O. The van der Waals surface area contributed by atoms with E-state index >= 15 is 0 Å². The van der Waals surface area contributed by atoms with Crippen LogP contribution in [0.1, 0.15) is 15.9 Å². The highest BCUT2D eigenvalue weighted by Gasteiger charge is 2.26. The molecule has 4 aromatic carbocycles. The molecular formula is C22H13BrO2. The van der Waals surface area contributed by atoms with Gasteiger partial charge in [-0.25, -0.2) is 0 Å². The minimum Gasteiger partial charge on any atom is -0.381 e. The maximum Gasteiger partial charge on any atom is 0.196 e. The molecule has 1 atom stereocenters. The van der Waals surface area contributed by atoms with Crippen molar-refractivity contribution in [3.05, 3.63) is 76.3 Å². The summed E-state index contributed by atoms with van der Waals surface area (Å²) in [6.07, 6.45) is 2.28. The average Bonchev–Trinajstić information content (AvgIpc) is 2.64. The van der Waals surface area contributed by atoms with Crippen molar-refractivity contribution in [2.45, 2.75) is 6.10 Å². The van der Waals surface area contributed by atoms with Crippen LogP contribution in [0, 0.1) is 0 Å². The number of fused-ring (bicyclic) bond motifs is 7. The van der Waals surface area contributed by atoms with E-state index < -0.39 is 6.10 Å². The number of halogens is 1. The third-order valence-corrected chi connectivity index (χ3v) is 5.65. The minimum absolute atomic E-state index is 0.246. The van der Waals surface area contributed by atoms with Crippen molar-refractivity contribution in [2.24, 2.45) is 0 Å². The lowest BCUT2D eigenvalue weighted by molar-refractivity contribution is 0.0820. The molecule has 120 valence electrons. The van der Waals surface area contributed by atoms with Crippen molar-refractivity contribution in [2.75, 3.05) is 0 Å². The number of Topliss-reactive ketones (excluding diaryl/α,β-unsaturated/α-hetero) is 1. The third kappa shape index (κ3) is 2.03. The number of hydrogen-bond donors (Lipinski definition) is 1. The van der Waals surface area contributed by atoms with E-state index in [4.69, 9.17) is 0 Å². The summed E-state index contributed by atoms with van der Waals surface area (Å²) in [5.41, 5.74) is 1.43. The quantitative estimate of drug-likeness (QED) is 0.405. The Labute approximate surface area is 152 Å². The smallest absolute Gasteiger partial charge is 0.196 e. The predicted octanol–water partition coefficient (Wildman–Crippen LogP) is 5.48. The molecular weight excluding hydrogens is 376 g/mol. The molecule has 1 aliphatic carbocycles. The van der Waals surface area contributed by atoms with E-state index in [9.17, 15) is 9.90 Å². The van der Waals surface area contributed by atoms with Crippen LogP contribution in [0.5, 0.6) is 0 Å². The van der Waals surface area contributed by atoms with Crippen LogP contribution in [-0.2, 0) is 0 Å². The molecule has 0 fully saturated rings. The Kier molecular flexibility index (Phi) is 3.11. The molecule has 1 N–H and O–H groups in total. The van der Waals surface area contributed by atoms with Crippen molar-refractivity contribution in [1.82, 2.24) is 0 Å². The van der Waals surface area contributed by atoms with Crippen molar-refractivity contribution >= 4 is 60.1 Å². The summed E-state index contributed by atoms with van der Waals surface area (Å²) >= 11 is 3.60. The van der Waals surface area contributed by atoms with Crippen LogP contribution in [0.25, 0.3) is 38.4 Å². The van der Waals surface area contributed by atoms with E-state index in [1.54, 1.807) is 0 Å². The normalized spacial score (nSPS) is 16.7. The van der Waals surface area contributed by atoms with Crippen LogP contribution in [0.4, 0.5) is 0 Å². The minimum atomic E-state index is -1.07. The first-order valence-electron chi connectivity index (χ1n) is 8.12. The van der Waals surface area contributed by atoms with Crippen LogP contribution in [-0.4, -0.2) is 17.0 Å². The topological polar surface area (TPSA) is 37.3 Å². The molecule has 0 saturated heterocycles. The monoisotopic (exact) mass is 388 g/mol. The molecule has 2 nitrogen and oxygen atoms in total. The van der Waals surface area contributed by atoms with Gasteiger partial charge in [0.05, 0.1) is 0 Å². The van der Waals surface area contributed by atoms with E-state index in [1.807, 2.05) is 24.3 Å². The summed E-state index contributed by atoms with van der Waals surface area (Å²) < 4.78 is 0.868. The van der Waals surface area contributed by atoms with Gasteiger partial charge >= 0.3 is 0 Å². The number of benzene rings is 4. The Morgan fingerprint density at radius 1 is 0.840 bits per heavy atom. The van der Waals surface area contributed by atoms with E-state index in [2.05, 4.69) is 52.3 Å². The molecule has 0 saturated carbocycles. The first kappa shape index (κ1) is 14.8. The first-order chi connectivity index (χ1) is 12.1. The summed E-state index contributed by atoms with van der Waals surface area (Å²) in [7, 11) is 0. The highest BCUT2D eigenvalue weighted by atomic mass is 79.9. The van der Waals surface area contributed by atoms with E-state index in [0.29, 0.717) is 5.56 Å². The lowest BCUT2D eigenvalue weighted by atomic mass is 9.87. The van der Waals surface area contributed by atoms with Crippen LogP contribution in [0.3, 0.4) is 0 Å². The molecule has 0 bridgehead atoms. The average molecular weight is 389 g/mol. The molecule has 1 aliphatic rings. The second-order valence-corrected chi connectivity index (χ2v) is 7.21. The van der Waals surface area contributed by atoms with Crippen LogP contribution >= 0.6 is 15.9 Å². The van der Waals surface area contributed by atoms with Crippen molar-refractivity contribution in [3.8, 4) is 0 Å². The number of hydrogen-bond acceptors (Lipinski definition) is 2. The van der Waals surface area contributed by atoms with Gasteiger partial charge in [0.25, 0.3) is 0 Å². The lowest BCUT2D eigenvalue weighted by Gasteiger charge is -2.19. The highest BCUT2D eigenvalue weighted by molar-refractivity contribution is 9.10. The van der Waals surface area contributed by atoms with E-state index in [1.165, 1.54) is 16.8 Å². The lowest BCUT2D eigenvalue weighted by Crippen LogP contribution is -2.22. The molecule has 0 radical (unpaired) electrons. The zero-order chi connectivity index (χ0) is 17.1. The summed E-state index contributed by atoms with van der Waals surface area (Å²) in [6, 6.07) is 18.7. The molecule has 0 heterocycles. The second-order valence-electron chi connectivity index (χ2n) is 6.36. The van der Waals surface area contributed by atoms with Crippen LogP contribution < -0.4 is 0 Å². The standard InChI is InChI=1S/C22H13BrO2/c23-19-11-18-15-6-5-12-3-1-2-4-13(12)14(15)7-8-16(18)21-17(19)9-10-20(24)22(21)25/h1-11,20,24H. The van der Waals surface area contributed by atoms with Gasteiger partial charge in [0.1, 0.15) is 6.10 Å². The maximum absolute atomic E-state index is 12.6. The van der Waals surface area contributed by atoms with Crippen LogP contribution in [0.2, 0.25) is 0 Å². The number of carbonyl (C=O) groups excluding carboxylic acids is 1. The molecule has 4 aromatic rings. The Bertz CT molecular complexity index is 1240.